The van der Waals surface area contributed by atoms with Gasteiger partial charge in [-0.2, -0.15) is 0 Å². The Bertz CT molecular complexity index is 4210. The molecule has 9 saturated heterocycles. The largest absolute Gasteiger partial charge is 0.381 e. The molecular formula is C113H165N7O2. The van der Waals surface area contributed by atoms with Crippen molar-refractivity contribution in [2.24, 2.45) is 0 Å². The van der Waals surface area contributed by atoms with Gasteiger partial charge in [-0.15, -0.1) is 0 Å². The van der Waals surface area contributed by atoms with Gasteiger partial charge in [0.1, 0.15) is 0 Å². The maximum atomic E-state index is 5.55. The van der Waals surface area contributed by atoms with Gasteiger partial charge in [0, 0.05) is 107 Å². The van der Waals surface area contributed by atoms with Gasteiger partial charge in [-0.25, -0.2) is 0 Å². The molecule has 6 unspecified atom stereocenters. The van der Waals surface area contributed by atoms with Crippen LogP contribution in [0.3, 0.4) is 0 Å². The molecule has 9 aliphatic heterocycles. The highest BCUT2D eigenvalue weighted by Crippen LogP contribution is 2.49. The third-order valence-electron chi connectivity index (χ3n) is 29.4. The highest BCUT2D eigenvalue weighted by Gasteiger charge is 2.43. The quantitative estimate of drug-likeness (QED) is 0.119. The van der Waals surface area contributed by atoms with Crippen molar-refractivity contribution in [1.29, 1.82) is 0 Å². The summed E-state index contributed by atoms with van der Waals surface area (Å²) in [5, 5.41) is 0. The molecule has 7 aromatic rings. The number of ether oxygens (including phenoxy) is 2. The average molecular weight is 1650 g/mol. The Morgan fingerprint density at radius 2 is 0.566 bits per heavy atom. The van der Waals surface area contributed by atoms with Crippen LogP contribution in [-0.4, -0.2) is 141 Å². The molecule has 9 heteroatoms. The second-order valence-electron chi connectivity index (χ2n) is 43.9. The Morgan fingerprint density at radius 3 is 0.926 bits per heavy atom. The van der Waals surface area contributed by atoms with E-state index in [0.29, 0.717) is 48.1 Å². The molecule has 18 rings (SSSR count). The first-order chi connectivity index (χ1) is 58.4. The predicted octanol–water partition coefficient (Wildman–Crippen LogP) is 28.6. The van der Waals surface area contributed by atoms with Crippen molar-refractivity contribution in [2.45, 2.75) is 366 Å². The Kier molecular flexibility index (Phi) is 32.3. The van der Waals surface area contributed by atoms with Crippen molar-refractivity contribution < 1.29 is 9.47 Å². The van der Waals surface area contributed by atoms with E-state index in [1.165, 1.54) is 240 Å². The van der Waals surface area contributed by atoms with Crippen molar-refractivity contribution in [3.63, 3.8) is 0 Å². The fourth-order valence-corrected chi connectivity index (χ4v) is 23.2. The van der Waals surface area contributed by atoms with Crippen LogP contribution in [0.1, 0.15) is 388 Å². The molecule has 11 aliphatic rings. The minimum atomic E-state index is 0.227. The zero-order valence-electron chi connectivity index (χ0n) is 79.9. The van der Waals surface area contributed by atoms with Gasteiger partial charge in [0.25, 0.3) is 0 Å². The zero-order chi connectivity index (χ0) is 86.4. The molecule has 122 heavy (non-hydrogen) atoms. The summed E-state index contributed by atoms with van der Waals surface area (Å²) in [5.74, 6) is 2.13. The molecule has 664 valence electrons. The normalized spacial score (nSPS) is 24.1. The molecule has 2 aliphatic carbocycles. The van der Waals surface area contributed by atoms with Crippen molar-refractivity contribution >= 4 is 11.3 Å². The molecule has 0 radical (unpaired) electrons. The zero-order valence-corrected chi connectivity index (χ0v) is 79.9. The van der Waals surface area contributed by atoms with Gasteiger partial charge in [0.15, 0.2) is 0 Å². The molecule has 0 bridgehead atoms. The molecule has 9 heterocycles. The van der Waals surface area contributed by atoms with E-state index in [2.05, 4.69) is 341 Å². The molecule has 6 atom stereocenters. The van der Waals surface area contributed by atoms with Gasteiger partial charge in [-0.05, 0) is 389 Å². The van der Waals surface area contributed by atoms with Gasteiger partial charge in [0.05, 0.1) is 13.2 Å². The molecule has 0 aromatic heterocycles. The van der Waals surface area contributed by atoms with Crippen LogP contribution in [-0.2, 0) is 9.47 Å². The van der Waals surface area contributed by atoms with Crippen LogP contribution in [0.5, 0.6) is 0 Å². The average Bonchev–Trinajstić information content (AvgIpc) is 1.65. The second kappa shape index (κ2) is 42.1. The van der Waals surface area contributed by atoms with Crippen LogP contribution >= 0.6 is 0 Å². The van der Waals surface area contributed by atoms with E-state index in [9.17, 15) is 0 Å². The van der Waals surface area contributed by atoms with E-state index in [0.717, 1.165) is 32.3 Å². The first-order valence-electron chi connectivity index (χ1n) is 49.2. The third kappa shape index (κ3) is 23.6. The fourth-order valence-electron chi connectivity index (χ4n) is 23.2. The Hall–Kier alpha value is -6.24. The molecule has 1 saturated carbocycles. The number of benzene rings is 7. The molecular weight excluding hydrogens is 1490 g/mol. The van der Waals surface area contributed by atoms with Gasteiger partial charge in [0.2, 0.25) is 0 Å². The van der Waals surface area contributed by atoms with Crippen LogP contribution in [0.2, 0.25) is 0 Å². The van der Waals surface area contributed by atoms with Crippen molar-refractivity contribution in [3.8, 4) is 11.1 Å². The van der Waals surface area contributed by atoms with Gasteiger partial charge < -0.3 is 14.4 Å². The highest BCUT2D eigenvalue weighted by atomic mass is 16.5. The summed E-state index contributed by atoms with van der Waals surface area (Å²) < 4.78 is 10.9. The summed E-state index contributed by atoms with van der Waals surface area (Å²) in [6.45, 7) is 55.8. The molecule has 7 aromatic carbocycles. The number of hydrogen-bond donors (Lipinski definition) is 0. The van der Waals surface area contributed by atoms with Gasteiger partial charge in [-0.1, -0.05) is 195 Å². The minimum Gasteiger partial charge on any atom is -0.381 e. The van der Waals surface area contributed by atoms with Gasteiger partial charge >= 0.3 is 0 Å². The number of likely N-dealkylation sites (tertiary alicyclic amines) is 6. The summed E-state index contributed by atoms with van der Waals surface area (Å²) >= 11 is 0. The number of anilines is 1. The fraction of sp³-hybridized carbons (Fsp3) is 0.611. The van der Waals surface area contributed by atoms with Crippen LogP contribution in [0, 0.1) is 0 Å². The van der Waals surface area contributed by atoms with E-state index >= 15 is 0 Å². The smallest absolute Gasteiger partial charge is 0.0557 e. The van der Waals surface area contributed by atoms with Gasteiger partial charge in [-0.3, -0.25) is 29.4 Å². The van der Waals surface area contributed by atoms with E-state index in [1.807, 2.05) is 0 Å². The first kappa shape index (κ1) is 93.4. The molecule has 9 nitrogen and oxygen atoms in total. The van der Waals surface area contributed by atoms with Crippen LogP contribution in [0.25, 0.3) is 16.7 Å². The molecule has 10 fully saturated rings. The maximum Gasteiger partial charge on any atom is 0.0557 e. The maximum absolute atomic E-state index is 5.55. The lowest BCUT2D eigenvalue weighted by Gasteiger charge is -2.41. The monoisotopic (exact) mass is 1650 g/mol. The first-order valence-corrected chi connectivity index (χ1v) is 49.2. The van der Waals surface area contributed by atoms with E-state index in [4.69, 9.17) is 9.47 Å². The number of allylic oxidation sites excluding steroid dienone is 2. The van der Waals surface area contributed by atoms with Crippen molar-refractivity contribution in [1.82, 2.24) is 29.4 Å². The summed E-state index contributed by atoms with van der Waals surface area (Å²) in [5.41, 5.74) is 23.0. The third-order valence-corrected chi connectivity index (χ3v) is 29.4. The lowest BCUT2D eigenvalue weighted by Crippen LogP contribution is -2.42. The van der Waals surface area contributed by atoms with Crippen molar-refractivity contribution in [3.05, 3.63) is 238 Å². The lowest BCUT2D eigenvalue weighted by molar-refractivity contribution is 0.00726. The minimum absolute atomic E-state index is 0.227. The number of nitrogens with zero attached hydrogens (tertiary/aromatic N) is 7. The standard InChI is InChI=1S/C20H31N.C20H29N.C20H25N.C19H29NO.C17H26N2.C17H25NO/c3*1-20(2,3)21-15-9-14-19(21)18-13-8-7-12-17(18)16-10-5-4-6-11-16;1-19(2,3)20-12-6-9-18(20)17-8-5-4-7-16(17)15-10-13-21-14-11-15;1-17(2,3)19-13-6-10-16(19)14-8-4-5-9-15(14)18-11-7-12-18;1-17(2,3)18-10-6-9-16(18)15-8-5-4-7-14(15)13-11-19-12-13/h7-8,12-13,16,19H,4-6,9-11,14-15H2,1-3H3;7-8,10,12-13,19H,4-6,9,11,14-15H2,1-3H3;4-8,10-13,19H,9,14-15H2,1-3H3;4-5,7-8,15,18H,6,9-14H2,1-3H3;4-5,8-9,16H,6-7,10-13H2,1-3H3;4-5,7-8,13,16H,6,9-12H2,1-3H3. The number of para-hydroxylation sites is 1. The summed E-state index contributed by atoms with van der Waals surface area (Å²) in [7, 11) is 0. The van der Waals surface area contributed by atoms with E-state index in [1.54, 1.807) is 44.5 Å². The Balaban J connectivity index is 0.000000126. The predicted molar refractivity (Wildman–Crippen MR) is 520 cm³/mol. The summed E-state index contributed by atoms with van der Waals surface area (Å²) in [6, 6.07) is 69.0. The van der Waals surface area contributed by atoms with Crippen LogP contribution < -0.4 is 4.90 Å². The highest BCUT2D eigenvalue weighted by molar-refractivity contribution is 5.70. The summed E-state index contributed by atoms with van der Waals surface area (Å²) in [6.07, 6.45) is 34.3. The van der Waals surface area contributed by atoms with Crippen molar-refractivity contribution in [2.75, 3.05) is 83.7 Å². The SMILES string of the molecule is CC(C)(C)N1CCCC1c1ccccc1-c1ccccc1.CC(C)(C)N1CCCC1c1ccccc1C1=CCCCC1.CC(C)(C)N1CCCC1c1ccccc1C1CCCCC1.CC(C)(C)N1CCCC1c1ccccc1C1CCOCC1.CC(C)(C)N1CCCC1c1ccccc1C1COC1.CC(C)(C)N1CCCC1c1ccccc1N1CCC1. The Labute approximate surface area is 744 Å². The van der Waals surface area contributed by atoms with E-state index < -0.39 is 0 Å². The van der Waals surface area contributed by atoms with Crippen LogP contribution in [0.15, 0.2) is 182 Å². The molecule has 0 spiro atoms. The number of rotatable bonds is 12. The topological polar surface area (TPSA) is 41.1 Å². The lowest BCUT2D eigenvalue weighted by atomic mass is 9.80. The molecule has 0 amide bonds. The van der Waals surface area contributed by atoms with E-state index in [-0.39, 0.29) is 33.2 Å². The summed E-state index contributed by atoms with van der Waals surface area (Å²) in [4.78, 5) is 18.7. The number of hydrogen-bond acceptors (Lipinski definition) is 9. The second-order valence-corrected chi connectivity index (χ2v) is 43.9. The van der Waals surface area contributed by atoms with Crippen LogP contribution in [0.4, 0.5) is 5.69 Å². The Morgan fingerprint density at radius 1 is 0.246 bits per heavy atom. The molecule has 0 N–H and O–H groups in total.